The van der Waals surface area contributed by atoms with Crippen LogP contribution in [-0.4, -0.2) is 36.1 Å². The van der Waals surface area contributed by atoms with Crippen molar-refractivity contribution in [3.05, 3.63) is 0 Å². The zero-order valence-electron chi connectivity index (χ0n) is 9.91. The van der Waals surface area contributed by atoms with Crippen molar-refractivity contribution in [2.75, 3.05) is 19.8 Å². The number of hydrogen-bond acceptors (Lipinski definition) is 3. The Kier molecular flexibility index (Phi) is 2.73. The van der Waals surface area contributed by atoms with E-state index in [2.05, 4.69) is 0 Å². The number of rotatable bonds is 1. The fourth-order valence-electron chi connectivity index (χ4n) is 3.53. The molecule has 3 heteroatoms. The Labute approximate surface area is 97.1 Å². The quantitative estimate of drug-likeness (QED) is 0.742. The van der Waals surface area contributed by atoms with Crippen LogP contribution in [0.4, 0.5) is 0 Å². The molecule has 2 heterocycles. The monoisotopic (exact) mass is 226 g/mol. The van der Waals surface area contributed by atoms with Gasteiger partial charge in [-0.2, -0.15) is 0 Å². The third kappa shape index (κ3) is 1.79. The molecule has 2 saturated heterocycles. The molecule has 1 saturated carbocycles. The lowest BCUT2D eigenvalue weighted by molar-refractivity contribution is -0.196. The second-order valence-corrected chi connectivity index (χ2v) is 5.83. The predicted molar refractivity (Wildman–Crippen MR) is 60.3 cm³/mol. The second-order valence-electron chi connectivity index (χ2n) is 5.83. The fourth-order valence-corrected chi connectivity index (χ4v) is 3.53. The maximum absolute atomic E-state index is 10.7. The van der Waals surface area contributed by atoms with Crippen molar-refractivity contribution in [3.63, 3.8) is 0 Å². The molecular formula is C13H22O3. The van der Waals surface area contributed by atoms with Crippen LogP contribution in [0.15, 0.2) is 0 Å². The zero-order valence-corrected chi connectivity index (χ0v) is 9.91. The van der Waals surface area contributed by atoms with Gasteiger partial charge < -0.3 is 14.6 Å². The molecule has 16 heavy (non-hydrogen) atoms. The molecule has 1 aliphatic carbocycles. The molecule has 1 N–H and O–H groups in total. The molecule has 0 aromatic rings. The standard InChI is InChI=1S/C13H22O3/c14-13(6-2-7-15-10-13)11-3-8-16-12(9-11)4-1-5-12/h11,14H,1-10H2. The van der Waals surface area contributed by atoms with E-state index in [1.54, 1.807) is 0 Å². The maximum Gasteiger partial charge on any atom is 0.0910 e. The van der Waals surface area contributed by atoms with Gasteiger partial charge in [0.25, 0.3) is 0 Å². The Balaban J connectivity index is 1.68. The zero-order chi connectivity index (χ0) is 11.1. The van der Waals surface area contributed by atoms with Gasteiger partial charge in [-0.05, 0) is 50.9 Å². The first-order chi connectivity index (χ1) is 7.73. The summed E-state index contributed by atoms with van der Waals surface area (Å²) in [7, 11) is 0. The molecule has 0 aromatic carbocycles. The highest BCUT2D eigenvalue weighted by Gasteiger charge is 2.49. The van der Waals surface area contributed by atoms with Crippen molar-refractivity contribution in [1.29, 1.82) is 0 Å². The molecule has 92 valence electrons. The summed E-state index contributed by atoms with van der Waals surface area (Å²) in [4.78, 5) is 0. The van der Waals surface area contributed by atoms with Crippen molar-refractivity contribution in [2.45, 2.75) is 56.1 Å². The van der Waals surface area contributed by atoms with E-state index in [1.807, 2.05) is 0 Å². The minimum atomic E-state index is -0.565. The van der Waals surface area contributed by atoms with Gasteiger partial charge in [0, 0.05) is 13.2 Å². The van der Waals surface area contributed by atoms with E-state index < -0.39 is 5.60 Å². The first-order valence-corrected chi connectivity index (χ1v) is 6.67. The molecule has 3 nitrogen and oxygen atoms in total. The molecule has 2 aliphatic heterocycles. The van der Waals surface area contributed by atoms with Gasteiger partial charge in [0.2, 0.25) is 0 Å². The van der Waals surface area contributed by atoms with E-state index in [9.17, 15) is 5.11 Å². The highest BCUT2D eigenvalue weighted by atomic mass is 16.5. The lowest BCUT2D eigenvalue weighted by atomic mass is 9.67. The predicted octanol–water partition coefficient (Wildman–Crippen LogP) is 1.88. The van der Waals surface area contributed by atoms with E-state index in [4.69, 9.17) is 9.47 Å². The van der Waals surface area contributed by atoms with Crippen LogP contribution in [-0.2, 0) is 9.47 Å². The average molecular weight is 226 g/mol. The van der Waals surface area contributed by atoms with Crippen LogP contribution in [0.3, 0.4) is 0 Å². The lowest BCUT2D eigenvalue weighted by Gasteiger charge is -2.51. The third-order valence-corrected chi connectivity index (χ3v) is 4.77. The van der Waals surface area contributed by atoms with Crippen LogP contribution in [0.1, 0.15) is 44.9 Å². The second kappa shape index (κ2) is 3.97. The van der Waals surface area contributed by atoms with Crippen LogP contribution < -0.4 is 0 Å². The molecular weight excluding hydrogens is 204 g/mol. The average Bonchev–Trinajstić information content (AvgIpc) is 2.28. The number of hydrogen-bond donors (Lipinski definition) is 1. The third-order valence-electron chi connectivity index (χ3n) is 4.77. The number of aliphatic hydroxyl groups is 1. The first-order valence-electron chi connectivity index (χ1n) is 6.67. The molecule has 2 atom stereocenters. The molecule has 0 radical (unpaired) electrons. The normalized spacial score (nSPS) is 42.9. The van der Waals surface area contributed by atoms with Crippen molar-refractivity contribution < 1.29 is 14.6 Å². The van der Waals surface area contributed by atoms with E-state index in [-0.39, 0.29) is 5.60 Å². The Hall–Kier alpha value is -0.120. The van der Waals surface area contributed by atoms with Crippen LogP contribution in [0.5, 0.6) is 0 Å². The minimum Gasteiger partial charge on any atom is -0.387 e. The van der Waals surface area contributed by atoms with E-state index in [0.717, 1.165) is 38.9 Å². The minimum absolute atomic E-state index is 0.135. The maximum atomic E-state index is 10.7. The van der Waals surface area contributed by atoms with Crippen molar-refractivity contribution in [1.82, 2.24) is 0 Å². The summed E-state index contributed by atoms with van der Waals surface area (Å²) in [6.45, 7) is 2.18. The van der Waals surface area contributed by atoms with Crippen molar-refractivity contribution in [2.24, 2.45) is 5.92 Å². The summed E-state index contributed by atoms with van der Waals surface area (Å²) in [5, 5.41) is 10.7. The Morgan fingerprint density at radius 3 is 2.56 bits per heavy atom. The topological polar surface area (TPSA) is 38.7 Å². The van der Waals surface area contributed by atoms with Gasteiger partial charge in [-0.15, -0.1) is 0 Å². The van der Waals surface area contributed by atoms with E-state index in [1.165, 1.54) is 19.3 Å². The van der Waals surface area contributed by atoms with Gasteiger partial charge in [0.15, 0.2) is 0 Å². The van der Waals surface area contributed by atoms with Crippen LogP contribution in [0.25, 0.3) is 0 Å². The molecule has 1 spiro atoms. The molecule has 3 rings (SSSR count). The summed E-state index contributed by atoms with van der Waals surface area (Å²) in [5.41, 5.74) is -0.430. The van der Waals surface area contributed by atoms with Gasteiger partial charge in [0.05, 0.1) is 17.8 Å². The summed E-state index contributed by atoms with van der Waals surface area (Å²) in [6, 6.07) is 0. The molecule has 3 aliphatic rings. The van der Waals surface area contributed by atoms with Gasteiger partial charge >= 0.3 is 0 Å². The highest BCUT2D eigenvalue weighted by Crippen LogP contribution is 2.48. The molecule has 0 bridgehead atoms. The van der Waals surface area contributed by atoms with E-state index in [0.29, 0.717) is 12.5 Å². The van der Waals surface area contributed by atoms with Gasteiger partial charge in [-0.3, -0.25) is 0 Å². The Morgan fingerprint density at radius 2 is 1.94 bits per heavy atom. The van der Waals surface area contributed by atoms with Crippen LogP contribution in [0, 0.1) is 5.92 Å². The lowest BCUT2D eigenvalue weighted by Crippen LogP contribution is -2.54. The smallest absolute Gasteiger partial charge is 0.0910 e. The molecule has 0 amide bonds. The first kappa shape index (κ1) is 11.0. The van der Waals surface area contributed by atoms with E-state index >= 15 is 0 Å². The highest BCUT2D eigenvalue weighted by molar-refractivity contribution is 5.00. The molecule has 0 aromatic heterocycles. The van der Waals surface area contributed by atoms with Gasteiger partial charge in [-0.25, -0.2) is 0 Å². The largest absolute Gasteiger partial charge is 0.387 e. The van der Waals surface area contributed by atoms with Gasteiger partial charge in [-0.1, -0.05) is 0 Å². The van der Waals surface area contributed by atoms with Crippen molar-refractivity contribution in [3.8, 4) is 0 Å². The summed E-state index contributed by atoms with van der Waals surface area (Å²) >= 11 is 0. The summed E-state index contributed by atoms with van der Waals surface area (Å²) in [6.07, 6.45) is 7.64. The summed E-state index contributed by atoms with van der Waals surface area (Å²) in [5.74, 6) is 0.391. The van der Waals surface area contributed by atoms with Crippen LogP contribution >= 0.6 is 0 Å². The molecule has 2 unspecified atom stereocenters. The number of ether oxygens (including phenoxy) is 2. The Bertz CT molecular complexity index is 254. The summed E-state index contributed by atoms with van der Waals surface area (Å²) < 4.78 is 11.4. The van der Waals surface area contributed by atoms with Gasteiger partial charge in [0.1, 0.15) is 0 Å². The molecule has 3 fully saturated rings. The fraction of sp³-hybridized carbons (Fsp3) is 1.00. The Morgan fingerprint density at radius 1 is 1.06 bits per heavy atom. The SMILES string of the molecule is OC1(C2CCOC3(CCC3)C2)CCCOC1. The van der Waals surface area contributed by atoms with Crippen molar-refractivity contribution >= 4 is 0 Å². The van der Waals surface area contributed by atoms with Crippen LogP contribution in [0.2, 0.25) is 0 Å².